The molecule has 6 heteroatoms. The van der Waals surface area contributed by atoms with Gasteiger partial charge in [-0.15, -0.1) is 11.3 Å². The van der Waals surface area contributed by atoms with Crippen LogP contribution in [-0.2, 0) is 0 Å². The molecule has 1 aliphatic rings. The third-order valence-corrected chi connectivity index (χ3v) is 4.59. The molecule has 0 unspecified atom stereocenters. The van der Waals surface area contributed by atoms with Gasteiger partial charge in [-0.05, 0) is 25.8 Å². The van der Waals surface area contributed by atoms with Crippen LogP contribution in [0.3, 0.4) is 0 Å². The second-order valence-electron chi connectivity index (χ2n) is 5.44. The molecule has 0 aliphatic carbocycles. The highest BCUT2D eigenvalue weighted by atomic mass is 32.1. The number of hydrazone groups is 1. The van der Waals surface area contributed by atoms with E-state index in [-0.39, 0.29) is 6.10 Å². The van der Waals surface area contributed by atoms with E-state index in [4.69, 9.17) is 0 Å². The fourth-order valence-corrected chi connectivity index (χ4v) is 3.19. The number of rotatable bonds is 4. The minimum atomic E-state index is -0.160. The molecule has 1 aromatic heterocycles. The van der Waals surface area contributed by atoms with E-state index in [9.17, 15) is 5.11 Å². The lowest BCUT2D eigenvalue weighted by atomic mass is 10.1. The summed E-state index contributed by atoms with van der Waals surface area (Å²) in [7, 11) is 0. The smallest absolute Gasteiger partial charge is 0.203 e. The van der Waals surface area contributed by atoms with Crippen LogP contribution in [0, 0.1) is 6.92 Å². The van der Waals surface area contributed by atoms with E-state index in [2.05, 4.69) is 32.5 Å². The number of aryl methyl sites for hydroxylation is 1. The monoisotopic (exact) mass is 316 g/mol. The molecule has 0 bridgehead atoms. The SMILES string of the molecule is Cc1csc(NN=Cc2ccccc2N2CCC(O)CC2)n1. The molecule has 0 saturated carbocycles. The van der Waals surface area contributed by atoms with Gasteiger partial charge < -0.3 is 10.0 Å². The number of aliphatic hydroxyl groups excluding tert-OH is 1. The average Bonchev–Trinajstić information content (AvgIpc) is 2.94. The van der Waals surface area contributed by atoms with Crippen molar-refractivity contribution >= 4 is 28.4 Å². The zero-order valence-corrected chi connectivity index (χ0v) is 13.4. The normalized spacial score (nSPS) is 16.4. The summed E-state index contributed by atoms with van der Waals surface area (Å²) in [4.78, 5) is 6.63. The number of aliphatic hydroxyl groups is 1. The summed E-state index contributed by atoms with van der Waals surface area (Å²) in [6, 6.07) is 8.21. The topological polar surface area (TPSA) is 60.8 Å². The molecule has 1 fully saturated rings. The van der Waals surface area contributed by atoms with Crippen molar-refractivity contribution in [2.45, 2.75) is 25.9 Å². The van der Waals surface area contributed by atoms with Crippen LogP contribution < -0.4 is 10.3 Å². The highest BCUT2D eigenvalue weighted by molar-refractivity contribution is 7.13. The number of hydrogen-bond acceptors (Lipinski definition) is 6. The molecule has 2 N–H and O–H groups in total. The first-order chi connectivity index (χ1) is 10.7. The Hall–Kier alpha value is -1.92. The van der Waals surface area contributed by atoms with Crippen LogP contribution in [0.15, 0.2) is 34.7 Å². The Labute approximate surface area is 134 Å². The molecular formula is C16H20N4OS. The zero-order valence-electron chi connectivity index (χ0n) is 12.6. The van der Waals surface area contributed by atoms with Crippen molar-refractivity contribution in [1.29, 1.82) is 0 Å². The molecule has 22 heavy (non-hydrogen) atoms. The summed E-state index contributed by atoms with van der Waals surface area (Å²) in [5.41, 5.74) is 6.20. The molecule has 116 valence electrons. The molecule has 1 aliphatic heterocycles. The molecule has 1 saturated heterocycles. The number of nitrogens with one attached hydrogen (secondary N) is 1. The third-order valence-electron chi connectivity index (χ3n) is 3.72. The number of thiazole rings is 1. The lowest BCUT2D eigenvalue weighted by molar-refractivity contribution is 0.145. The van der Waals surface area contributed by atoms with Crippen LogP contribution >= 0.6 is 11.3 Å². The van der Waals surface area contributed by atoms with Gasteiger partial charge in [-0.3, -0.25) is 5.43 Å². The molecule has 0 atom stereocenters. The largest absolute Gasteiger partial charge is 0.393 e. The highest BCUT2D eigenvalue weighted by Gasteiger charge is 2.18. The second-order valence-corrected chi connectivity index (χ2v) is 6.30. The lowest BCUT2D eigenvalue weighted by Gasteiger charge is -2.32. The van der Waals surface area contributed by atoms with Gasteiger partial charge in [-0.25, -0.2) is 4.98 Å². The summed E-state index contributed by atoms with van der Waals surface area (Å²) >= 11 is 1.54. The molecule has 0 amide bonds. The van der Waals surface area contributed by atoms with Gasteiger partial charge >= 0.3 is 0 Å². The van der Waals surface area contributed by atoms with Crippen molar-refractivity contribution in [3.63, 3.8) is 0 Å². The average molecular weight is 316 g/mol. The van der Waals surface area contributed by atoms with Crippen molar-refractivity contribution in [3.05, 3.63) is 40.9 Å². The Kier molecular flexibility index (Phi) is 4.70. The number of aromatic nitrogens is 1. The maximum atomic E-state index is 9.64. The predicted octanol–water partition coefficient (Wildman–Crippen LogP) is 2.86. The van der Waals surface area contributed by atoms with Crippen molar-refractivity contribution in [3.8, 4) is 0 Å². The van der Waals surface area contributed by atoms with Gasteiger partial charge in [0.05, 0.1) is 18.0 Å². The molecule has 1 aromatic carbocycles. The van der Waals surface area contributed by atoms with E-state index in [0.29, 0.717) is 0 Å². The first kappa shape index (κ1) is 15.0. The van der Waals surface area contributed by atoms with E-state index in [1.165, 1.54) is 0 Å². The van der Waals surface area contributed by atoms with E-state index in [0.717, 1.165) is 48.0 Å². The quantitative estimate of drug-likeness (QED) is 0.672. The minimum absolute atomic E-state index is 0.160. The summed E-state index contributed by atoms with van der Waals surface area (Å²) in [5, 5.41) is 16.7. The number of para-hydroxylation sites is 1. The van der Waals surface area contributed by atoms with Gasteiger partial charge in [-0.2, -0.15) is 5.10 Å². The Bertz CT molecular complexity index is 647. The molecule has 0 spiro atoms. The standard InChI is InChI=1S/C16H20N4OS/c1-12-11-22-16(18-12)19-17-10-13-4-2-3-5-15(13)20-8-6-14(21)7-9-20/h2-5,10-11,14,21H,6-9H2,1H3,(H,18,19). The number of nitrogens with zero attached hydrogens (tertiary/aromatic N) is 3. The maximum absolute atomic E-state index is 9.64. The van der Waals surface area contributed by atoms with E-state index < -0.39 is 0 Å². The number of piperidine rings is 1. The van der Waals surface area contributed by atoms with Crippen molar-refractivity contribution in [2.75, 3.05) is 23.4 Å². The van der Waals surface area contributed by atoms with Gasteiger partial charge in [0.25, 0.3) is 0 Å². The Morgan fingerprint density at radius 3 is 2.86 bits per heavy atom. The van der Waals surface area contributed by atoms with Crippen LogP contribution in [0.4, 0.5) is 10.8 Å². The van der Waals surface area contributed by atoms with Gasteiger partial charge in [0.1, 0.15) is 0 Å². The summed E-state index contributed by atoms with van der Waals surface area (Å²) in [6.07, 6.45) is 3.31. The Morgan fingerprint density at radius 1 is 1.36 bits per heavy atom. The van der Waals surface area contributed by atoms with Crippen molar-refractivity contribution in [1.82, 2.24) is 4.98 Å². The molecule has 0 radical (unpaired) electrons. The lowest BCUT2D eigenvalue weighted by Crippen LogP contribution is -2.36. The summed E-state index contributed by atoms with van der Waals surface area (Å²) in [5.74, 6) is 0. The first-order valence-electron chi connectivity index (χ1n) is 7.45. The van der Waals surface area contributed by atoms with Gasteiger partial charge in [0.2, 0.25) is 5.13 Å². The Balaban J connectivity index is 1.70. The first-order valence-corrected chi connectivity index (χ1v) is 8.33. The minimum Gasteiger partial charge on any atom is -0.393 e. The molecule has 3 rings (SSSR count). The number of hydrogen-bond donors (Lipinski definition) is 2. The highest BCUT2D eigenvalue weighted by Crippen LogP contribution is 2.23. The van der Waals surface area contributed by atoms with E-state index in [1.54, 1.807) is 11.3 Å². The van der Waals surface area contributed by atoms with Gasteiger partial charge in [0.15, 0.2) is 0 Å². The predicted molar refractivity (Wildman–Crippen MR) is 92.0 cm³/mol. The number of anilines is 2. The molecule has 5 nitrogen and oxygen atoms in total. The van der Waals surface area contributed by atoms with Crippen LogP contribution in [0.1, 0.15) is 24.1 Å². The van der Waals surface area contributed by atoms with Crippen molar-refractivity contribution < 1.29 is 5.11 Å². The molecule has 2 heterocycles. The fourth-order valence-electron chi connectivity index (χ4n) is 2.55. The fraction of sp³-hybridized carbons (Fsp3) is 0.375. The van der Waals surface area contributed by atoms with Gasteiger partial charge in [-0.1, -0.05) is 18.2 Å². The molecule has 2 aromatic rings. The van der Waals surface area contributed by atoms with Crippen molar-refractivity contribution in [2.24, 2.45) is 5.10 Å². The van der Waals surface area contributed by atoms with Gasteiger partial charge in [0, 0.05) is 29.7 Å². The zero-order chi connectivity index (χ0) is 15.4. The Morgan fingerprint density at radius 2 is 2.14 bits per heavy atom. The second kappa shape index (κ2) is 6.89. The van der Waals surface area contributed by atoms with E-state index >= 15 is 0 Å². The molecular weight excluding hydrogens is 296 g/mol. The summed E-state index contributed by atoms with van der Waals surface area (Å²) in [6.45, 7) is 3.72. The maximum Gasteiger partial charge on any atom is 0.203 e. The third kappa shape index (κ3) is 3.64. The number of benzene rings is 1. The van der Waals surface area contributed by atoms with Crippen LogP contribution in [0.25, 0.3) is 0 Å². The van der Waals surface area contributed by atoms with Crippen LogP contribution in [0.5, 0.6) is 0 Å². The van der Waals surface area contributed by atoms with Crippen LogP contribution in [-0.4, -0.2) is 35.5 Å². The van der Waals surface area contributed by atoms with E-state index in [1.807, 2.05) is 30.7 Å². The summed E-state index contributed by atoms with van der Waals surface area (Å²) < 4.78 is 0. The van der Waals surface area contributed by atoms with Crippen LogP contribution in [0.2, 0.25) is 0 Å².